The van der Waals surface area contributed by atoms with Crippen molar-refractivity contribution in [3.63, 3.8) is 0 Å². The highest BCUT2D eigenvalue weighted by atomic mass is 19.2. The van der Waals surface area contributed by atoms with E-state index in [2.05, 4.69) is 19.8 Å². The van der Waals surface area contributed by atoms with E-state index in [4.69, 9.17) is 4.42 Å². The fraction of sp³-hybridized carbons (Fsp3) is 0.222. The summed E-state index contributed by atoms with van der Waals surface area (Å²) in [5, 5.41) is 2.48. The first-order chi connectivity index (χ1) is 12.9. The third kappa shape index (κ3) is 3.16. The smallest absolute Gasteiger partial charge is 0.327 e. The molecule has 3 aromatic rings. The molecule has 0 aliphatic rings. The molecule has 0 aliphatic heterocycles. The molecule has 1 atom stereocenters. The van der Waals surface area contributed by atoms with E-state index in [1.807, 2.05) is 0 Å². The van der Waals surface area contributed by atoms with Gasteiger partial charge in [-0.2, -0.15) is 4.39 Å². The minimum Gasteiger partial charge on any atom is -0.491 e. The molecule has 0 aliphatic carbocycles. The third-order valence-corrected chi connectivity index (χ3v) is 3.91. The molecule has 1 heterocycles. The van der Waals surface area contributed by atoms with Gasteiger partial charge < -0.3 is 19.2 Å². The summed E-state index contributed by atoms with van der Waals surface area (Å²) in [4.78, 5) is 15.8. The second kappa shape index (κ2) is 7.18. The molecule has 6 nitrogen and oxygen atoms in total. The molecule has 142 valence electrons. The van der Waals surface area contributed by atoms with Crippen molar-refractivity contribution in [2.45, 2.75) is 13.0 Å². The molecule has 0 radical (unpaired) electrons. The zero-order chi connectivity index (χ0) is 19.7. The summed E-state index contributed by atoms with van der Waals surface area (Å²) in [6.07, 6.45) is 0. The van der Waals surface area contributed by atoms with Crippen molar-refractivity contribution in [2.24, 2.45) is 0 Å². The van der Waals surface area contributed by atoms with Gasteiger partial charge in [0.05, 0.1) is 19.9 Å². The summed E-state index contributed by atoms with van der Waals surface area (Å²) >= 11 is 0. The SMILES string of the molecule is COC(=O)C(C)Nc1c(F)c(OC)c(F)c(F)c1-c1nc2ccccc2o1. The predicted octanol–water partition coefficient (Wildman–Crippen LogP) is 3.89. The first-order valence-electron chi connectivity index (χ1n) is 7.83. The number of para-hydroxylation sites is 2. The number of methoxy groups -OCH3 is 2. The van der Waals surface area contributed by atoms with Crippen LogP contribution in [0.5, 0.6) is 5.75 Å². The molecule has 0 saturated heterocycles. The van der Waals surface area contributed by atoms with Crippen molar-refractivity contribution in [1.29, 1.82) is 0 Å². The second-order valence-electron chi connectivity index (χ2n) is 5.60. The van der Waals surface area contributed by atoms with Crippen LogP contribution in [0, 0.1) is 17.5 Å². The van der Waals surface area contributed by atoms with Gasteiger partial charge in [-0.25, -0.2) is 18.6 Å². The number of aromatic nitrogens is 1. The number of benzene rings is 2. The maximum absolute atomic E-state index is 14.8. The number of oxazole rings is 1. The van der Waals surface area contributed by atoms with Gasteiger partial charge in [-0.3, -0.25) is 0 Å². The number of ether oxygens (including phenoxy) is 2. The van der Waals surface area contributed by atoms with E-state index >= 15 is 0 Å². The van der Waals surface area contributed by atoms with Crippen LogP contribution in [-0.4, -0.2) is 31.2 Å². The Morgan fingerprint density at radius 1 is 1.15 bits per heavy atom. The quantitative estimate of drug-likeness (QED) is 0.535. The lowest BCUT2D eigenvalue weighted by atomic mass is 10.1. The van der Waals surface area contributed by atoms with E-state index in [1.165, 1.54) is 6.92 Å². The highest BCUT2D eigenvalue weighted by molar-refractivity contribution is 5.85. The number of hydrogen-bond acceptors (Lipinski definition) is 6. The lowest BCUT2D eigenvalue weighted by molar-refractivity contribution is -0.141. The Balaban J connectivity index is 2.25. The van der Waals surface area contributed by atoms with Crippen LogP contribution in [0.3, 0.4) is 0 Å². The van der Waals surface area contributed by atoms with Gasteiger partial charge >= 0.3 is 5.97 Å². The summed E-state index contributed by atoms with van der Waals surface area (Å²) in [5.74, 6) is -6.23. The molecule has 0 amide bonds. The van der Waals surface area contributed by atoms with Crippen molar-refractivity contribution in [2.75, 3.05) is 19.5 Å². The highest BCUT2D eigenvalue weighted by Gasteiger charge is 2.31. The molecule has 9 heteroatoms. The monoisotopic (exact) mass is 380 g/mol. The molecule has 0 fully saturated rings. The van der Waals surface area contributed by atoms with Gasteiger partial charge in [0.25, 0.3) is 0 Å². The normalized spacial score (nSPS) is 12.1. The Morgan fingerprint density at radius 3 is 2.48 bits per heavy atom. The molecule has 0 spiro atoms. The molecule has 2 aromatic carbocycles. The molecule has 1 N–H and O–H groups in total. The predicted molar refractivity (Wildman–Crippen MR) is 91.0 cm³/mol. The Hall–Kier alpha value is -3.23. The Labute approximate surface area is 151 Å². The van der Waals surface area contributed by atoms with Crippen molar-refractivity contribution in [3.8, 4) is 17.2 Å². The number of esters is 1. The van der Waals surface area contributed by atoms with E-state index in [1.54, 1.807) is 24.3 Å². The number of halogens is 3. The Kier molecular flexibility index (Phi) is 4.93. The fourth-order valence-electron chi connectivity index (χ4n) is 2.59. The average Bonchev–Trinajstić information content (AvgIpc) is 3.09. The van der Waals surface area contributed by atoms with Crippen LogP contribution < -0.4 is 10.1 Å². The first kappa shape index (κ1) is 18.6. The summed E-state index contributed by atoms with van der Waals surface area (Å²) in [6, 6.07) is 5.45. The molecule has 1 unspecified atom stereocenters. The van der Waals surface area contributed by atoms with Crippen LogP contribution in [0.15, 0.2) is 28.7 Å². The van der Waals surface area contributed by atoms with Crippen LogP contribution in [0.25, 0.3) is 22.6 Å². The number of nitrogens with one attached hydrogen (secondary N) is 1. The third-order valence-electron chi connectivity index (χ3n) is 3.91. The van der Waals surface area contributed by atoms with E-state index in [-0.39, 0.29) is 5.89 Å². The van der Waals surface area contributed by atoms with Gasteiger partial charge in [0.2, 0.25) is 11.7 Å². The van der Waals surface area contributed by atoms with Crippen molar-refractivity contribution in [3.05, 3.63) is 41.7 Å². The first-order valence-corrected chi connectivity index (χ1v) is 7.83. The van der Waals surface area contributed by atoms with E-state index < -0.39 is 46.5 Å². The van der Waals surface area contributed by atoms with Crippen LogP contribution in [0.2, 0.25) is 0 Å². The molecule has 1 aromatic heterocycles. The molecule has 27 heavy (non-hydrogen) atoms. The van der Waals surface area contributed by atoms with Gasteiger partial charge in [-0.1, -0.05) is 12.1 Å². The fourth-order valence-corrected chi connectivity index (χ4v) is 2.59. The number of anilines is 1. The Bertz CT molecular complexity index is 986. The second-order valence-corrected chi connectivity index (χ2v) is 5.60. The topological polar surface area (TPSA) is 73.6 Å². The van der Waals surface area contributed by atoms with Crippen LogP contribution in [0.4, 0.5) is 18.9 Å². The van der Waals surface area contributed by atoms with Crippen molar-refractivity contribution < 1.29 is 31.9 Å². The number of fused-ring (bicyclic) bond motifs is 1. The van der Waals surface area contributed by atoms with E-state index in [0.29, 0.717) is 11.1 Å². The van der Waals surface area contributed by atoms with Gasteiger partial charge in [0.15, 0.2) is 23.0 Å². The van der Waals surface area contributed by atoms with E-state index in [0.717, 1.165) is 14.2 Å². The van der Waals surface area contributed by atoms with Crippen LogP contribution in [-0.2, 0) is 9.53 Å². The molecule has 0 saturated carbocycles. The summed E-state index contributed by atoms with van der Waals surface area (Å²) < 4.78 is 58.5. The lowest BCUT2D eigenvalue weighted by Gasteiger charge is -2.18. The maximum Gasteiger partial charge on any atom is 0.327 e. The summed E-state index contributed by atoms with van der Waals surface area (Å²) in [7, 11) is 2.14. The molecule has 0 bridgehead atoms. The number of carbonyl (C=O) groups is 1. The minimum atomic E-state index is -1.54. The minimum absolute atomic E-state index is 0.301. The van der Waals surface area contributed by atoms with Gasteiger partial charge in [0, 0.05) is 0 Å². The number of hydrogen-bond donors (Lipinski definition) is 1. The average molecular weight is 380 g/mol. The largest absolute Gasteiger partial charge is 0.491 e. The number of carbonyl (C=O) groups excluding carboxylic acids is 1. The zero-order valence-corrected chi connectivity index (χ0v) is 14.6. The van der Waals surface area contributed by atoms with Crippen molar-refractivity contribution in [1.82, 2.24) is 4.98 Å². The molecule has 3 rings (SSSR count). The van der Waals surface area contributed by atoms with Crippen LogP contribution >= 0.6 is 0 Å². The van der Waals surface area contributed by atoms with E-state index in [9.17, 15) is 18.0 Å². The Morgan fingerprint density at radius 2 is 1.85 bits per heavy atom. The highest BCUT2D eigenvalue weighted by Crippen LogP contribution is 2.41. The standard InChI is InChI=1S/C18H15F3N2O4/c1-8(18(24)26-3)22-15-11(12(19)13(20)16(25-2)14(15)21)17-23-9-6-4-5-7-10(9)27-17/h4-8,22H,1-3H3. The van der Waals surface area contributed by atoms with Gasteiger partial charge in [-0.15, -0.1) is 0 Å². The molecular formula is C18H15F3N2O4. The van der Waals surface area contributed by atoms with Crippen molar-refractivity contribution >= 4 is 22.8 Å². The van der Waals surface area contributed by atoms with Gasteiger partial charge in [-0.05, 0) is 19.1 Å². The number of nitrogens with zero attached hydrogens (tertiary/aromatic N) is 1. The van der Waals surface area contributed by atoms with Gasteiger partial charge in [0.1, 0.15) is 17.1 Å². The van der Waals surface area contributed by atoms with Crippen LogP contribution in [0.1, 0.15) is 6.92 Å². The number of rotatable bonds is 5. The maximum atomic E-state index is 14.8. The lowest BCUT2D eigenvalue weighted by Crippen LogP contribution is -2.28. The summed E-state index contributed by atoms with van der Waals surface area (Å²) in [5.41, 5.74) is -0.459. The molecular weight excluding hydrogens is 365 g/mol. The summed E-state index contributed by atoms with van der Waals surface area (Å²) in [6.45, 7) is 1.37. The zero-order valence-electron chi connectivity index (χ0n) is 14.6.